The second kappa shape index (κ2) is 6.35. The summed E-state index contributed by atoms with van der Waals surface area (Å²) >= 11 is 0. The summed E-state index contributed by atoms with van der Waals surface area (Å²) in [6, 6.07) is 0. The highest BCUT2D eigenvalue weighted by atomic mass is 16.5. The van der Waals surface area contributed by atoms with Crippen molar-refractivity contribution in [3.05, 3.63) is 0 Å². The van der Waals surface area contributed by atoms with Gasteiger partial charge in [0, 0.05) is 20.2 Å². The molecule has 78 valence electrons. The Bertz CT molecular complexity index is 124. The molecule has 1 N–H and O–H groups in total. The van der Waals surface area contributed by atoms with Gasteiger partial charge in [-0.05, 0) is 6.42 Å². The molecule has 0 spiro atoms. The molecular weight excluding hydrogens is 166 g/mol. The van der Waals surface area contributed by atoms with E-state index in [1.54, 1.807) is 7.11 Å². The lowest BCUT2D eigenvalue weighted by Crippen LogP contribution is -2.45. The van der Waals surface area contributed by atoms with Crippen molar-refractivity contribution in [2.24, 2.45) is 0 Å². The zero-order chi connectivity index (χ0) is 9.52. The van der Waals surface area contributed by atoms with Gasteiger partial charge in [-0.2, -0.15) is 0 Å². The van der Waals surface area contributed by atoms with Gasteiger partial charge in [0.05, 0.1) is 18.8 Å². The third-order valence-corrected chi connectivity index (χ3v) is 2.52. The second-order valence-electron chi connectivity index (χ2n) is 3.53. The van der Waals surface area contributed by atoms with Gasteiger partial charge in [-0.15, -0.1) is 0 Å². The molecule has 1 aliphatic rings. The monoisotopic (exact) mass is 187 g/mol. The molecule has 0 aromatic rings. The molecule has 1 fully saturated rings. The quantitative estimate of drug-likeness (QED) is 0.701. The Balaban J connectivity index is 2.26. The Hall–Kier alpha value is -0.120. The summed E-state index contributed by atoms with van der Waals surface area (Å²) < 4.78 is 11.1. The molecule has 1 rings (SSSR count). The first-order valence-electron chi connectivity index (χ1n) is 5.23. The van der Waals surface area contributed by atoms with Crippen LogP contribution in [-0.4, -0.2) is 39.0 Å². The van der Waals surface area contributed by atoms with E-state index in [2.05, 4.69) is 12.2 Å². The zero-order valence-electron chi connectivity index (χ0n) is 8.71. The average Bonchev–Trinajstić information content (AvgIpc) is 2.21. The number of rotatable bonds is 5. The van der Waals surface area contributed by atoms with Gasteiger partial charge in [0.25, 0.3) is 0 Å². The molecule has 0 aromatic heterocycles. The fourth-order valence-corrected chi connectivity index (χ4v) is 1.69. The maximum absolute atomic E-state index is 5.64. The van der Waals surface area contributed by atoms with E-state index in [0.29, 0.717) is 0 Å². The predicted molar refractivity (Wildman–Crippen MR) is 52.9 cm³/mol. The lowest BCUT2D eigenvalue weighted by atomic mass is 10.1. The molecule has 0 saturated carbocycles. The van der Waals surface area contributed by atoms with Gasteiger partial charge >= 0.3 is 0 Å². The fourth-order valence-electron chi connectivity index (χ4n) is 1.69. The van der Waals surface area contributed by atoms with E-state index in [9.17, 15) is 0 Å². The van der Waals surface area contributed by atoms with Crippen LogP contribution < -0.4 is 5.32 Å². The fraction of sp³-hybridized carbons (Fsp3) is 1.00. The molecule has 2 unspecified atom stereocenters. The minimum Gasteiger partial charge on any atom is -0.379 e. The Morgan fingerprint density at radius 3 is 3.00 bits per heavy atom. The number of hydrogen-bond donors (Lipinski definition) is 1. The Labute approximate surface area is 80.8 Å². The van der Waals surface area contributed by atoms with Crippen LogP contribution in [0.25, 0.3) is 0 Å². The maximum atomic E-state index is 5.64. The highest BCUT2D eigenvalue weighted by Crippen LogP contribution is 2.12. The molecule has 13 heavy (non-hydrogen) atoms. The second-order valence-corrected chi connectivity index (χ2v) is 3.53. The SMILES string of the molecule is CCCCC(OC)C1CNCCO1. The van der Waals surface area contributed by atoms with Gasteiger partial charge in [0.15, 0.2) is 0 Å². The number of unbranched alkanes of at least 4 members (excludes halogenated alkanes) is 1. The molecule has 1 saturated heterocycles. The predicted octanol–water partition coefficient (Wildman–Crippen LogP) is 1.18. The van der Waals surface area contributed by atoms with Crippen LogP contribution in [0.1, 0.15) is 26.2 Å². The topological polar surface area (TPSA) is 30.5 Å². The molecule has 3 nitrogen and oxygen atoms in total. The Kier molecular flexibility index (Phi) is 5.35. The van der Waals surface area contributed by atoms with Crippen LogP contribution in [0.15, 0.2) is 0 Å². The summed E-state index contributed by atoms with van der Waals surface area (Å²) in [6.07, 6.45) is 4.08. The molecule has 0 bridgehead atoms. The molecule has 1 aliphatic heterocycles. The van der Waals surface area contributed by atoms with Crippen molar-refractivity contribution in [2.75, 3.05) is 26.8 Å². The highest BCUT2D eigenvalue weighted by Gasteiger charge is 2.23. The number of methoxy groups -OCH3 is 1. The molecule has 0 aliphatic carbocycles. The van der Waals surface area contributed by atoms with Crippen molar-refractivity contribution >= 4 is 0 Å². The molecule has 0 amide bonds. The molecule has 2 atom stereocenters. The van der Waals surface area contributed by atoms with Crippen LogP contribution >= 0.6 is 0 Å². The van der Waals surface area contributed by atoms with E-state index in [4.69, 9.17) is 9.47 Å². The van der Waals surface area contributed by atoms with Gasteiger partial charge in [0.2, 0.25) is 0 Å². The molecule has 3 heteroatoms. The van der Waals surface area contributed by atoms with Crippen molar-refractivity contribution in [2.45, 2.75) is 38.4 Å². The molecular formula is C10H21NO2. The van der Waals surface area contributed by atoms with E-state index in [1.807, 2.05) is 0 Å². The third-order valence-electron chi connectivity index (χ3n) is 2.52. The first kappa shape index (κ1) is 11.0. The van der Waals surface area contributed by atoms with Gasteiger partial charge in [-0.3, -0.25) is 0 Å². The van der Waals surface area contributed by atoms with Crippen LogP contribution in [-0.2, 0) is 9.47 Å². The minimum atomic E-state index is 0.255. The van der Waals surface area contributed by atoms with E-state index in [1.165, 1.54) is 12.8 Å². The minimum absolute atomic E-state index is 0.255. The summed E-state index contributed by atoms with van der Waals surface area (Å²) in [4.78, 5) is 0. The largest absolute Gasteiger partial charge is 0.379 e. The van der Waals surface area contributed by atoms with Gasteiger partial charge in [-0.1, -0.05) is 19.8 Å². The van der Waals surface area contributed by atoms with E-state index in [0.717, 1.165) is 26.1 Å². The number of morpholine rings is 1. The summed E-state index contributed by atoms with van der Waals surface area (Å²) in [5.74, 6) is 0. The lowest BCUT2D eigenvalue weighted by Gasteiger charge is -2.30. The molecule has 1 heterocycles. The highest BCUT2D eigenvalue weighted by molar-refractivity contribution is 4.76. The summed E-state index contributed by atoms with van der Waals surface area (Å²) in [5.41, 5.74) is 0. The van der Waals surface area contributed by atoms with E-state index in [-0.39, 0.29) is 12.2 Å². The zero-order valence-corrected chi connectivity index (χ0v) is 8.71. The Morgan fingerprint density at radius 2 is 2.46 bits per heavy atom. The lowest BCUT2D eigenvalue weighted by molar-refractivity contribution is -0.0722. The standard InChI is InChI=1S/C10H21NO2/c1-3-4-5-9(12-2)10-8-11-6-7-13-10/h9-11H,3-8H2,1-2H3. The number of ether oxygens (including phenoxy) is 2. The van der Waals surface area contributed by atoms with Crippen molar-refractivity contribution in [1.82, 2.24) is 5.32 Å². The summed E-state index contributed by atoms with van der Waals surface area (Å²) in [5, 5.41) is 3.32. The van der Waals surface area contributed by atoms with Gasteiger partial charge < -0.3 is 14.8 Å². The van der Waals surface area contributed by atoms with Crippen molar-refractivity contribution in [1.29, 1.82) is 0 Å². The average molecular weight is 187 g/mol. The van der Waals surface area contributed by atoms with Crippen molar-refractivity contribution in [3.8, 4) is 0 Å². The van der Waals surface area contributed by atoms with Gasteiger partial charge in [0.1, 0.15) is 0 Å². The van der Waals surface area contributed by atoms with Crippen LogP contribution in [0.2, 0.25) is 0 Å². The van der Waals surface area contributed by atoms with Crippen LogP contribution in [0, 0.1) is 0 Å². The van der Waals surface area contributed by atoms with E-state index >= 15 is 0 Å². The van der Waals surface area contributed by atoms with Crippen molar-refractivity contribution in [3.63, 3.8) is 0 Å². The summed E-state index contributed by atoms with van der Waals surface area (Å²) in [6.45, 7) is 4.92. The van der Waals surface area contributed by atoms with Crippen LogP contribution in [0.5, 0.6) is 0 Å². The van der Waals surface area contributed by atoms with E-state index < -0.39 is 0 Å². The molecule has 0 aromatic carbocycles. The van der Waals surface area contributed by atoms with Crippen LogP contribution in [0.3, 0.4) is 0 Å². The van der Waals surface area contributed by atoms with Crippen molar-refractivity contribution < 1.29 is 9.47 Å². The van der Waals surface area contributed by atoms with Gasteiger partial charge in [-0.25, -0.2) is 0 Å². The summed E-state index contributed by atoms with van der Waals surface area (Å²) in [7, 11) is 1.78. The number of nitrogens with one attached hydrogen (secondary N) is 1. The Morgan fingerprint density at radius 1 is 1.62 bits per heavy atom. The third kappa shape index (κ3) is 3.63. The smallest absolute Gasteiger partial charge is 0.0961 e. The number of hydrogen-bond acceptors (Lipinski definition) is 3. The maximum Gasteiger partial charge on any atom is 0.0961 e. The first-order valence-corrected chi connectivity index (χ1v) is 5.23. The normalized spacial score (nSPS) is 25.8. The first-order chi connectivity index (χ1) is 6.38. The van der Waals surface area contributed by atoms with Crippen LogP contribution in [0.4, 0.5) is 0 Å². The molecule has 0 radical (unpaired) electrons.